The first-order chi connectivity index (χ1) is 12.4. The molecule has 2 rings (SSSR count). The molecule has 0 fully saturated rings. The Hall–Kier alpha value is -2.04. The summed E-state index contributed by atoms with van der Waals surface area (Å²) < 4.78 is 10.5. The van der Waals surface area contributed by atoms with Crippen molar-refractivity contribution in [3.8, 4) is 11.5 Å². The zero-order valence-corrected chi connectivity index (χ0v) is 16.4. The SMILES string of the molecule is COc1ccc(CC(N)(Cc2ccc(OC)cc2)C(N)CC(C)C)cc1. The monoisotopic (exact) mass is 356 g/mol. The topological polar surface area (TPSA) is 70.5 Å². The highest BCUT2D eigenvalue weighted by Gasteiger charge is 2.33. The molecule has 2 aromatic rings. The third-order valence-electron chi connectivity index (χ3n) is 4.85. The number of rotatable bonds is 9. The smallest absolute Gasteiger partial charge is 0.118 e. The molecule has 4 N–H and O–H groups in total. The second-order valence-corrected chi connectivity index (χ2v) is 7.52. The standard InChI is InChI=1S/C22H32N2O2/c1-16(2)13-21(23)22(24,14-17-5-9-19(25-3)10-6-17)15-18-7-11-20(26-4)12-8-18/h5-12,16,21H,13-15,23-24H2,1-4H3. The molecule has 0 radical (unpaired) electrons. The maximum Gasteiger partial charge on any atom is 0.118 e. The Balaban J connectivity index is 2.24. The third-order valence-corrected chi connectivity index (χ3v) is 4.85. The van der Waals surface area contributed by atoms with Crippen molar-refractivity contribution >= 4 is 0 Å². The molecule has 0 saturated carbocycles. The van der Waals surface area contributed by atoms with Crippen LogP contribution in [0.1, 0.15) is 31.4 Å². The molecule has 0 aliphatic carbocycles. The summed E-state index contributed by atoms with van der Waals surface area (Å²) in [5.41, 5.74) is 15.3. The minimum absolute atomic E-state index is 0.0910. The van der Waals surface area contributed by atoms with Gasteiger partial charge in [-0.05, 0) is 60.6 Å². The summed E-state index contributed by atoms with van der Waals surface area (Å²) in [5.74, 6) is 2.19. The van der Waals surface area contributed by atoms with Gasteiger partial charge in [-0.25, -0.2) is 0 Å². The molecule has 26 heavy (non-hydrogen) atoms. The first-order valence-corrected chi connectivity index (χ1v) is 9.16. The van der Waals surface area contributed by atoms with Crippen LogP contribution >= 0.6 is 0 Å². The minimum Gasteiger partial charge on any atom is -0.497 e. The highest BCUT2D eigenvalue weighted by molar-refractivity contribution is 5.31. The lowest BCUT2D eigenvalue weighted by molar-refractivity contribution is 0.298. The van der Waals surface area contributed by atoms with E-state index in [9.17, 15) is 0 Å². The Morgan fingerprint density at radius 2 is 1.19 bits per heavy atom. The van der Waals surface area contributed by atoms with Crippen molar-refractivity contribution in [1.29, 1.82) is 0 Å². The van der Waals surface area contributed by atoms with Crippen molar-refractivity contribution < 1.29 is 9.47 Å². The van der Waals surface area contributed by atoms with E-state index in [1.807, 2.05) is 24.3 Å². The molecule has 0 bridgehead atoms. The fourth-order valence-corrected chi connectivity index (χ4v) is 3.31. The summed E-state index contributed by atoms with van der Waals surface area (Å²) in [6.45, 7) is 4.36. The van der Waals surface area contributed by atoms with Crippen LogP contribution in [0.4, 0.5) is 0 Å². The molecular weight excluding hydrogens is 324 g/mol. The molecular formula is C22H32N2O2. The van der Waals surface area contributed by atoms with Gasteiger partial charge in [0.15, 0.2) is 0 Å². The summed E-state index contributed by atoms with van der Waals surface area (Å²) in [7, 11) is 3.34. The predicted octanol–water partition coefficient (Wildman–Crippen LogP) is 3.56. The largest absolute Gasteiger partial charge is 0.497 e. The van der Waals surface area contributed by atoms with Crippen LogP contribution in [0.2, 0.25) is 0 Å². The van der Waals surface area contributed by atoms with Crippen LogP contribution in [-0.4, -0.2) is 25.8 Å². The van der Waals surface area contributed by atoms with Gasteiger partial charge in [0.05, 0.1) is 14.2 Å². The van der Waals surface area contributed by atoms with Crippen molar-refractivity contribution in [2.24, 2.45) is 17.4 Å². The zero-order chi connectivity index (χ0) is 19.2. The average Bonchev–Trinajstić information content (AvgIpc) is 2.62. The van der Waals surface area contributed by atoms with Crippen LogP contribution in [0.3, 0.4) is 0 Å². The van der Waals surface area contributed by atoms with E-state index in [0.717, 1.165) is 30.8 Å². The van der Waals surface area contributed by atoms with E-state index in [-0.39, 0.29) is 6.04 Å². The summed E-state index contributed by atoms with van der Waals surface area (Å²) in [6.07, 6.45) is 2.33. The molecule has 0 saturated heterocycles. The van der Waals surface area contributed by atoms with E-state index in [4.69, 9.17) is 20.9 Å². The highest BCUT2D eigenvalue weighted by Crippen LogP contribution is 2.25. The minimum atomic E-state index is -0.520. The Labute approximate surface area is 157 Å². The van der Waals surface area contributed by atoms with E-state index in [1.54, 1.807) is 14.2 Å². The fourth-order valence-electron chi connectivity index (χ4n) is 3.31. The van der Waals surface area contributed by atoms with Crippen LogP contribution in [0.25, 0.3) is 0 Å². The second kappa shape index (κ2) is 9.06. The van der Waals surface area contributed by atoms with Gasteiger partial charge >= 0.3 is 0 Å². The summed E-state index contributed by atoms with van der Waals surface area (Å²) in [4.78, 5) is 0. The first-order valence-electron chi connectivity index (χ1n) is 9.16. The second-order valence-electron chi connectivity index (χ2n) is 7.52. The van der Waals surface area contributed by atoms with Gasteiger partial charge in [-0.2, -0.15) is 0 Å². The van der Waals surface area contributed by atoms with Crippen molar-refractivity contribution in [2.75, 3.05) is 14.2 Å². The van der Waals surface area contributed by atoms with Gasteiger partial charge < -0.3 is 20.9 Å². The van der Waals surface area contributed by atoms with E-state index in [1.165, 1.54) is 11.1 Å². The lowest BCUT2D eigenvalue weighted by Gasteiger charge is -2.37. The summed E-state index contributed by atoms with van der Waals surface area (Å²) >= 11 is 0. The van der Waals surface area contributed by atoms with E-state index in [2.05, 4.69) is 38.1 Å². The Morgan fingerprint density at radius 1 is 0.808 bits per heavy atom. The molecule has 0 aliphatic rings. The normalized spacial score (nSPS) is 12.9. The molecule has 1 unspecified atom stereocenters. The molecule has 0 aliphatic heterocycles. The average molecular weight is 357 g/mol. The molecule has 4 heteroatoms. The van der Waals surface area contributed by atoms with Gasteiger partial charge in [0, 0.05) is 11.6 Å². The van der Waals surface area contributed by atoms with Crippen molar-refractivity contribution in [3.63, 3.8) is 0 Å². The molecule has 2 aromatic carbocycles. The van der Waals surface area contributed by atoms with Crippen LogP contribution in [0.15, 0.2) is 48.5 Å². The van der Waals surface area contributed by atoms with Crippen LogP contribution in [-0.2, 0) is 12.8 Å². The highest BCUT2D eigenvalue weighted by atomic mass is 16.5. The Morgan fingerprint density at radius 3 is 1.50 bits per heavy atom. The summed E-state index contributed by atoms with van der Waals surface area (Å²) in [6, 6.07) is 16.1. The molecule has 4 nitrogen and oxygen atoms in total. The predicted molar refractivity (Wildman–Crippen MR) is 108 cm³/mol. The fraction of sp³-hybridized carbons (Fsp3) is 0.455. The van der Waals surface area contributed by atoms with E-state index in [0.29, 0.717) is 5.92 Å². The number of nitrogens with two attached hydrogens (primary N) is 2. The Bertz CT molecular complexity index is 616. The third kappa shape index (κ3) is 5.48. The molecule has 1 atom stereocenters. The van der Waals surface area contributed by atoms with Crippen molar-refractivity contribution in [2.45, 2.75) is 44.7 Å². The molecule has 0 heterocycles. The van der Waals surface area contributed by atoms with Gasteiger partial charge in [0.2, 0.25) is 0 Å². The van der Waals surface area contributed by atoms with E-state index < -0.39 is 5.54 Å². The maximum atomic E-state index is 6.91. The van der Waals surface area contributed by atoms with Gasteiger partial charge in [0.25, 0.3) is 0 Å². The molecule has 142 valence electrons. The lowest BCUT2D eigenvalue weighted by Crippen LogP contribution is -2.58. The number of hydrogen-bond acceptors (Lipinski definition) is 4. The maximum absolute atomic E-state index is 6.91. The number of ether oxygens (including phenoxy) is 2. The molecule has 0 aromatic heterocycles. The molecule has 0 amide bonds. The quantitative estimate of drug-likeness (QED) is 0.721. The van der Waals surface area contributed by atoms with Crippen LogP contribution < -0.4 is 20.9 Å². The van der Waals surface area contributed by atoms with E-state index >= 15 is 0 Å². The van der Waals surface area contributed by atoms with Gasteiger partial charge in [0.1, 0.15) is 11.5 Å². The Kier molecular flexibility index (Phi) is 7.06. The van der Waals surface area contributed by atoms with Gasteiger partial charge in [-0.15, -0.1) is 0 Å². The molecule has 0 spiro atoms. The number of benzene rings is 2. The zero-order valence-electron chi connectivity index (χ0n) is 16.4. The van der Waals surface area contributed by atoms with Crippen LogP contribution in [0, 0.1) is 5.92 Å². The summed E-state index contributed by atoms with van der Waals surface area (Å²) in [5, 5.41) is 0. The van der Waals surface area contributed by atoms with Gasteiger partial charge in [-0.3, -0.25) is 0 Å². The first kappa shape index (κ1) is 20.3. The van der Waals surface area contributed by atoms with Crippen molar-refractivity contribution in [3.05, 3.63) is 59.7 Å². The van der Waals surface area contributed by atoms with Gasteiger partial charge in [-0.1, -0.05) is 38.1 Å². The number of methoxy groups -OCH3 is 2. The van der Waals surface area contributed by atoms with Crippen LogP contribution in [0.5, 0.6) is 11.5 Å². The van der Waals surface area contributed by atoms with Crippen molar-refractivity contribution in [1.82, 2.24) is 0 Å². The lowest BCUT2D eigenvalue weighted by atomic mass is 9.77. The number of hydrogen-bond donors (Lipinski definition) is 2.